The van der Waals surface area contributed by atoms with E-state index in [4.69, 9.17) is 10.7 Å². The first-order valence-electron chi connectivity index (χ1n) is 22.6. The Morgan fingerprint density at radius 1 is 0.742 bits per heavy atom. The van der Waals surface area contributed by atoms with Crippen molar-refractivity contribution < 1.29 is 28.8 Å². The molecule has 6 amide bonds. The molecule has 2 fully saturated rings. The minimum absolute atomic E-state index is 0.124. The number of imidazole rings is 1. The Bertz CT molecular complexity index is 2010. The first-order chi connectivity index (χ1) is 29.6. The number of H-pyrrole nitrogens is 1. The lowest BCUT2D eigenvalue weighted by molar-refractivity contribution is -0.142. The van der Waals surface area contributed by atoms with E-state index in [0.717, 1.165) is 47.8 Å². The molecule has 6 atom stereocenters. The van der Waals surface area contributed by atoms with Crippen LogP contribution in [0.15, 0.2) is 48.5 Å². The van der Waals surface area contributed by atoms with Crippen molar-refractivity contribution in [3.05, 3.63) is 54.4 Å². The van der Waals surface area contributed by atoms with Crippen molar-refractivity contribution in [1.29, 1.82) is 0 Å². The fourth-order valence-electron chi connectivity index (χ4n) is 8.85. The molecule has 1 aromatic heterocycles. The van der Waals surface area contributed by atoms with Gasteiger partial charge in [0, 0.05) is 25.6 Å². The van der Waals surface area contributed by atoms with Crippen molar-refractivity contribution in [2.45, 2.75) is 143 Å². The lowest BCUT2D eigenvalue weighted by Crippen LogP contribution is -2.61. The second kappa shape index (κ2) is 22.2. The van der Waals surface area contributed by atoms with Gasteiger partial charge in [0.2, 0.25) is 35.4 Å². The van der Waals surface area contributed by atoms with Gasteiger partial charge in [-0.25, -0.2) is 4.98 Å². The maximum absolute atomic E-state index is 14.4. The highest BCUT2D eigenvalue weighted by atomic mass is 16.2. The Kier molecular flexibility index (Phi) is 17.1. The summed E-state index contributed by atoms with van der Waals surface area (Å²) in [5.74, 6) is -1.92. The molecule has 0 bridgehead atoms. The second-order valence-electron chi connectivity index (χ2n) is 18.4. The van der Waals surface area contributed by atoms with Crippen molar-refractivity contribution in [3.63, 3.8) is 0 Å². The van der Waals surface area contributed by atoms with E-state index < -0.39 is 54.0 Å². The highest BCUT2D eigenvalue weighted by Gasteiger charge is 2.40. The summed E-state index contributed by atoms with van der Waals surface area (Å²) >= 11 is 0. The number of benzene rings is 2. The second-order valence-corrected chi connectivity index (χ2v) is 18.4. The zero-order chi connectivity index (χ0) is 45.1. The van der Waals surface area contributed by atoms with E-state index in [-0.39, 0.29) is 47.9 Å². The summed E-state index contributed by atoms with van der Waals surface area (Å²) in [4.78, 5) is 91.6. The third kappa shape index (κ3) is 12.6. The minimum atomic E-state index is -1.20. The first-order valence-corrected chi connectivity index (χ1v) is 22.6. The number of fused-ring (bicyclic) bond motifs is 1. The fourth-order valence-corrected chi connectivity index (χ4v) is 8.85. The van der Waals surface area contributed by atoms with Crippen LogP contribution in [-0.4, -0.2) is 93.6 Å². The van der Waals surface area contributed by atoms with Gasteiger partial charge in [0.05, 0.1) is 17.1 Å². The Balaban J connectivity index is 1.29. The molecule has 0 unspecified atom stereocenters. The van der Waals surface area contributed by atoms with E-state index in [1.165, 1.54) is 11.8 Å². The van der Waals surface area contributed by atoms with E-state index in [0.29, 0.717) is 44.5 Å². The van der Waals surface area contributed by atoms with Crippen molar-refractivity contribution in [2.24, 2.45) is 29.4 Å². The molecule has 1 saturated heterocycles. The Labute approximate surface area is 366 Å². The van der Waals surface area contributed by atoms with Gasteiger partial charge in [0.15, 0.2) is 0 Å². The summed E-state index contributed by atoms with van der Waals surface area (Å²) in [5.41, 5.74) is 9.78. The van der Waals surface area contributed by atoms with Crippen LogP contribution in [0.5, 0.6) is 0 Å². The summed E-state index contributed by atoms with van der Waals surface area (Å²) in [6, 6.07) is 10.8. The van der Waals surface area contributed by atoms with Crippen LogP contribution in [0, 0.1) is 23.7 Å². The SMILES string of the molecule is CC(=O)N[C@@H](CC(C)C)C(=O)N1CCC[C@H]1C(=O)N[C@H](C(=O)N[C@@H](CN)C(=O)N[C@@H](CC1CCCC1)C(=O)N[C@@H](CC(C)C)c1nc2c(-c3ccccc3)cccc2[nH]1)C(C)C. The predicted molar refractivity (Wildman–Crippen MR) is 240 cm³/mol. The Hall–Kier alpha value is -5.31. The average Bonchev–Trinajstić information content (AvgIpc) is 4.02. The molecule has 1 saturated carbocycles. The smallest absolute Gasteiger partial charge is 0.245 e. The van der Waals surface area contributed by atoms with Gasteiger partial charge in [0.1, 0.15) is 36.0 Å². The van der Waals surface area contributed by atoms with Crippen molar-refractivity contribution in [3.8, 4) is 11.1 Å². The summed E-state index contributed by atoms with van der Waals surface area (Å²) in [7, 11) is 0. The monoisotopic (exact) mass is 856 g/mol. The largest absolute Gasteiger partial charge is 0.345 e. The van der Waals surface area contributed by atoms with Gasteiger partial charge in [-0.3, -0.25) is 28.8 Å². The number of rotatable bonds is 20. The van der Waals surface area contributed by atoms with Crippen LogP contribution in [0.1, 0.15) is 118 Å². The molecule has 2 aromatic carbocycles. The normalized spacial score (nSPS) is 18.0. The van der Waals surface area contributed by atoms with Gasteiger partial charge in [-0.2, -0.15) is 0 Å². The number of nitrogens with two attached hydrogens (primary N) is 1. The number of nitrogens with one attached hydrogen (secondary N) is 6. The number of carbonyl (C=O) groups excluding carboxylic acids is 6. The van der Waals surface area contributed by atoms with Gasteiger partial charge in [-0.1, -0.05) is 110 Å². The molecule has 0 spiro atoms. The molecule has 1 aliphatic carbocycles. The summed E-state index contributed by atoms with van der Waals surface area (Å²) in [6.45, 7) is 13.1. The number of aromatic nitrogens is 2. The molecule has 15 heteroatoms. The maximum atomic E-state index is 14.4. The maximum Gasteiger partial charge on any atom is 0.245 e. The number of amides is 6. The molecule has 2 aliphatic rings. The van der Waals surface area contributed by atoms with Crippen LogP contribution < -0.4 is 32.3 Å². The van der Waals surface area contributed by atoms with Crippen molar-refractivity contribution >= 4 is 46.5 Å². The van der Waals surface area contributed by atoms with Gasteiger partial charge in [-0.15, -0.1) is 0 Å². The topological polar surface area (TPSA) is 221 Å². The molecule has 62 heavy (non-hydrogen) atoms. The fraction of sp³-hybridized carbons (Fsp3) is 0.596. The first kappa shape index (κ1) is 47.7. The van der Waals surface area contributed by atoms with E-state index >= 15 is 0 Å². The van der Waals surface area contributed by atoms with Crippen LogP contribution in [0.3, 0.4) is 0 Å². The molecule has 1 aliphatic heterocycles. The van der Waals surface area contributed by atoms with Crippen LogP contribution in [-0.2, 0) is 28.8 Å². The van der Waals surface area contributed by atoms with Crippen LogP contribution in [0.4, 0.5) is 0 Å². The Morgan fingerprint density at radius 3 is 2.03 bits per heavy atom. The quantitative estimate of drug-likeness (QED) is 0.0848. The summed E-state index contributed by atoms with van der Waals surface area (Å²) in [5, 5.41) is 14.5. The molecule has 8 N–H and O–H groups in total. The molecule has 3 aromatic rings. The zero-order valence-electron chi connectivity index (χ0n) is 37.6. The predicted octanol–water partition coefficient (Wildman–Crippen LogP) is 4.62. The van der Waals surface area contributed by atoms with Crippen LogP contribution in [0.2, 0.25) is 0 Å². The molecule has 0 radical (unpaired) electrons. The van der Waals surface area contributed by atoms with Gasteiger partial charge < -0.3 is 42.2 Å². The number of aromatic amines is 1. The molecule has 15 nitrogen and oxygen atoms in total. The Morgan fingerprint density at radius 2 is 1.40 bits per heavy atom. The lowest BCUT2D eigenvalue weighted by Gasteiger charge is -2.31. The van der Waals surface area contributed by atoms with Crippen molar-refractivity contribution in [1.82, 2.24) is 41.5 Å². The number of nitrogens with zero attached hydrogens (tertiary/aromatic N) is 2. The molecular formula is C47H69N9O6. The third-order valence-corrected chi connectivity index (χ3v) is 12.0. The number of hydrogen-bond acceptors (Lipinski definition) is 8. The number of likely N-dealkylation sites (tertiary alicyclic amines) is 1. The number of carbonyl (C=O) groups is 6. The molecule has 338 valence electrons. The number of para-hydroxylation sites is 1. The lowest BCUT2D eigenvalue weighted by atomic mass is 9.96. The van der Waals surface area contributed by atoms with E-state index in [1.807, 2.05) is 62.4 Å². The van der Waals surface area contributed by atoms with Crippen LogP contribution >= 0.6 is 0 Å². The third-order valence-electron chi connectivity index (χ3n) is 12.0. The molecule has 2 heterocycles. The van der Waals surface area contributed by atoms with E-state index in [9.17, 15) is 28.8 Å². The zero-order valence-corrected chi connectivity index (χ0v) is 37.6. The van der Waals surface area contributed by atoms with Gasteiger partial charge in [-0.05, 0) is 67.4 Å². The highest BCUT2D eigenvalue weighted by Crippen LogP contribution is 2.31. The van der Waals surface area contributed by atoms with Gasteiger partial charge >= 0.3 is 0 Å². The highest BCUT2D eigenvalue weighted by molar-refractivity contribution is 5.97. The van der Waals surface area contributed by atoms with Crippen molar-refractivity contribution in [2.75, 3.05) is 13.1 Å². The summed E-state index contributed by atoms with van der Waals surface area (Å²) < 4.78 is 0. The average molecular weight is 856 g/mol. The van der Waals surface area contributed by atoms with Crippen LogP contribution in [0.25, 0.3) is 22.2 Å². The molecule has 5 rings (SSSR count). The standard InChI is InChI=1S/C47H69N9O6/c1-27(2)23-35(42-50-34-20-13-19-33(41(34)54-42)32-17-9-8-10-18-32)51-43(58)36(25-31-15-11-12-16-31)52-44(59)38(26-48)53-46(61)40(29(5)6)55-45(60)39-21-14-22-56(39)47(62)37(24-28(3)4)49-30(7)57/h8-10,13,17-20,27-29,31,35-40H,11-12,14-16,21-26,48H2,1-7H3,(H,49,57)(H,50,54)(H,51,58)(H,52,59)(H,53,61)(H,55,60)/t35-,36-,37-,38-,39-,40-/m0/s1. The molecular weight excluding hydrogens is 787 g/mol. The minimum Gasteiger partial charge on any atom is -0.345 e. The summed E-state index contributed by atoms with van der Waals surface area (Å²) in [6.07, 6.45) is 6.44. The number of hydrogen-bond donors (Lipinski definition) is 7. The van der Waals surface area contributed by atoms with E-state index in [2.05, 4.69) is 45.4 Å². The van der Waals surface area contributed by atoms with E-state index in [1.54, 1.807) is 13.8 Å². The van der Waals surface area contributed by atoms with Gasteiger partial charge in [0.25, 0.3) is 0 Å².